The third-order valence-corrected chi connectivity index (χ3v) is 1.45. The van der Waals surface area contributed by atoms with Crippen molar-refractivity contribution in [1.82, 2.24) is 15.5 Å². The number of nitrogens with one attached hydrogen (secondary N) is 1. The second-order valence-electron chi connectivity index (χ2n) is 2.57. The minimum absolute atomic E-state index is 0.0632. The molecule has 1 aromatic heterocycles. The normalized spacial score (nSPS) is 14.4. The number of alkyl halides is 3. The number of hydrogen-bond acceptors (Lipinski definition) is 5. The second kappa shape index (κ2) is 4.18. The zero-order chi connectivity index (χ0) is 10.8. The average Bonchev–Trinajstić information content (AvgIpc) is 2.47. The summed E-state index contributed by atoms with van der Waals surface area (Å²) in [6.07, 6.45) is -4.56. The molecule has 1 aromatic rings. The first kappa shape index (κ1) is 11.3. The quantitative estimate of drug-likeness (QED) is 0.606. The minimum atomic E-state index is -4.56. The van der Waals surface area contributed by atoms with Gasteiger partial charge in [0.2, 0.25) is 5.89 Å². The molecule has 0 amide bonds. The molecule has 1 unspecified atom stereocenters. The third kappa shape index (κ3) is 3.18. The summed E-state index contributed by atoms with van der Waals surface area (Å²) in [4.78, 5) is 3.15. The van der Waals surface area contributed by atoms with Crippen LogP contribution in [0.2, 0.25) is 0 Å². The van der Waals surface area contributed by atoms with Crippen LogP contribution in [0.1, 0.15) is 18.6 Å². The van der Waals surface area contributed by atoms with Crippen molar-refractivity contribution in [2.75, 3.05) is 0 Å². The molecule has 0 spiro atoms. The van der Waals surface area contributed by atoms with Crippen molar-refractivity contribution in [3.8, 4) is 0 Å². The Hall–Kier alpha value is -0.760. The summed E-state index contributed by atoms with van der Waals surface area (Å²) in [7, 11) is 0. The van der Waals surface area contributed by atoms with Crippen LogP contribution in [0.4, 0.5) is 13.2 Å². The molecule has 8 heteroatoms. The molecule has 80 valence electrons. The lowest BCUT2D eigenvalue weighted by atomic mass is 10.5. The summed E-state index contributed by atoms with van der Waals surface area (Å²) in [6.45, 7) is 1.79. The number of rotatable bonds is 3. The molecule has 0 aliphatic carbocycles. The van der Waals surface area contributed by atoms with Crippen LogP contribution in [0.5, 0.6) is 0 Å². The first-order chi connectivity index (χ1) is 6.39. The lowest BCUT2D eigenvalue weighted by molar-refractivity contribution is -0.146. The van der Waals surface area contributed by atoms with Crippen LogP contribution in [0, 0.1) is 0 Å². The maximum absolute atomic E-state index is 12.0. The van der Waals surface area contributed by atoms with Gasteiger partial charge in [0, 0.05) is 5.37 Å². The monoisotopic (exact) mass is 227 g/mol. The Bertz CT molecular complexity index is 299. The van der Waals surface area contributed by atoms with Gasteiger partial charge in [-0.05, 0) is 6.92 Å². The van der Waals surface area contributed by atoms with Gasteiger partial charge < -0.3 is 4.52 Å². The molecule has 0 aliphatic heterocycles. The van der Waals surface area contributed by atoms with E-state index in [9.17, 15) is 13.2 Å². The highest BCUT2D eigenvalue weighted by molar-refractivity contribution is 7.80. The zero-order valence-electron chi connectivity index (χ0n) is 7.17. The molecule has 0 aliphatic rings. The van der Waals surface area contributed by atoms with E-state index in [-0.39, 0.29) is 17.8 Å². The fourth-order valence-electron chi connectivity index (χ4n) is 0.677. The van der Waals surface area contributed by atoms with Crippen molar-refractivity contribution >= 4 is 12.6 Å². The van der Waals surface area contributed by atoms with Crippen molar-refractivity contribution in [2.45, 2.75) is 25.0 Å². The van der Waals surface area contributed by atoms with Gasteiger partial charge in [-0.1, -0.05) is 5.16 Å². The van der Waals surface area contributed by atoms with Crippen molar-refractivity contribution in [2.24, 2.45) is 0 Å². The Morgan fingerprint density at radius 2 is 2.21 bits per heavy atom. The number of halogens is 3. The Kier molecular flexibility index (Phi) is 3.38. The van der Waals surface area contributed by atoms with E-state index in [0.717, 1.165) is 0 Å². The Balaban J connectivity index is 2.60. The van der Waals surface area contributed by atoms with Crippen molar-refractivity contribution in [3.63, 3.8) is 0 Å². The van der Waals surface area contributed by atoms with Crippen molar-refractivity contribution in [3.05, 3.63) is 11.7 Å². The Labute approximate surface area is 83.3 Å². The summed E-state index contributed by atoms with van der Waals surface area (Å²) in [5.41, 5.74) is 0. The lowest BCUT2D eigenvalue weighted by Gasteiger charge is -2.02. The number of hydrogen-bond donors (Lipinski definition) is 2. The number of aromatic nitrogens is 2. The van der Waals surface area contributed by atoms with E-state index in [2.05, 4.69) is 32.6 Å². The highest BCUT2D eigenvalue weighted by atomic mass is 32.1. The number of thiol groups is 1. The predicted molar refractivity (Wildman–Crippen MR) is 44.6 cm³/mol. The summed E-state index contributed by atoms with van der Waals surface area (Å²) in [5, 5.41) is 5.36. The highest BCUT2D eigenvalue weighted by Gasteiger charge is 2.37. The fourth-order valence-corrected chi connectivity index (χ4v) is 0.768. The highest BCUT2D eigenvalue weighted by Crippen LogP contribution is 2.26. The molecule has 1 heterocycles. The molecule has 0 saturated carbocycles. The smallest absolute Gasteiger partial charge is 0.338 e. The molecule has 14 heavy (non-hydrogen) atoms. The van der Waals surface area contributed by atoms with Gasteiger partial charge >= 0.3 is 6.18 Å². The summed E-state index contributed by atoms with van der Waals surface area (Å²) in [5.74, 6) is -1.38. The van der Waals surface area contributed by atoms with Gasteiger partial charge in [0.1, 0.15) is 0 Å². The molecule has 1 atom stereocenters. The van der Waals surface area contributed by atoms with Crippen molar-refractivity contribution < 1.29 is 17.7 Å². The van der Waals surface area contributed by atoms with Gasteiger partial charge in [-0.15, -0.1) is 0 Å². The standard InChI is InChI=1S/C6H8F3N3OS/c1-3(14)10-2-4-11-5(12-13-4)6(7,8)9/h3,10,14H,2H2,1H3. The molecule has 0 radical (unpaired) electrons. The Morgan fingerprint density at radius 1 is 1.57 bits per heavy atom. The molecular formula is C6H8F3N3OS. The minimum Gasteiger partial charge on any atom is -0.338 e. The van der Waals surface area contributed by atoms with Gasteiger partial charge in [-0.2, -0.15) is 30.8 Å². The molecule has 0 aromatic carbocycles. The summed E-state index contributed by atoms with van der Waals surface area (Å²) < 4.78 is 40.3. The van der Waals surface area contributed by atoms with Crippen LogP contribution >= 0.6 is 12.6 Å². The van der Waals surface area contributed by atoms with E-state index < -0.39 is 12.0 Å². The van der Waals surface area contributed by atoms with Gasteiger partial charge in [0.15, 0.2) is 0 Å². The average molecular weight is 227 g/mol. The van der Waals surface area contributed by atoms with E-state index >= 15 is 0 Å². The van der Waals surface area contributed by atoms with E-state index in [1.54, 1.807) is 6.92 Å². The predicted octanol–water partition coefficient (Wildman–Crippen LogP) is 1.45. The SMILES string of the molecule is CC(S)NCc1nc(C(F)(F)F)no1. The van der Waals surface area contributed by atoms with Gasteiger partial charge in [-0.25, -0.2) is 0 Å². The number of nitrogens with zero attached hydrogens (tertiary/aromatic N) is 2. The molecule has 0 saturated heterocycles. The second-order valence-corrected chi connectivity index (χ2v) is 3.34. The van der Waals surface area contributed by atoms with Gasteiger partial charge in [0.25, 0.3) is 5.82 Å². The topological polar surface area (TPSA) is 51.0 Å². The van der Waals surface area contributed by atoms with Crippen LogP contribution in [0.15, 0.2) is 4.52 Å². The van der Waals surface area contributed by atoms with E-state index in [1.807, 2.05) is 0 Å². The first-order valence-corrected chi connectivity index (χ1v) is 4.22. The lowest BCUT2D eigenvalue weighted by Crippen LogP contribution is -2.20. The first-order valence-electron chi connectivity index (χ1n) is 3.71. The fraction of sp³-hybridized carbons (Fsp3) is 0.667. The van der Waals surface area contributed by atoms with Crippen LogP contribution in [0.25, 0.3) is 0 Å². The maximum Gasteiger partial charge on any atom is 0.455 e. The molecule has 0 bridgehead atoms. The van der Waals surface area contributed by atoms with Crippen LogP contribution in [-0.4, -0.2) is 15.5 Å². The van der Waals surface area contributed by atoms with E-state index in [4.69, 9.17) is 0 Å². The van der Waals surface area contributed by atoms with Gasteiger partial charge in [0.05, 0.1) is 6.54 Å². The van der Waals surface area contributed by atoms with Crippen LogP contribution < -0.4 is 5.32 Å². The summed E-state index contributed by atoms with van der Waals surface area (Å²) in [6, 6.07) is 0. The van der Waals surface area contributed by atoms with Crippen LogP contribution in [-0.2, 0) is 12.7 Å². The largest absolute Gasteiger partial charge is 0.455 e. The molecular weight excluding hydrogens is 219 g/mol. The zero-order valence-corrected chi connectivity index (χ0v) is 8.06. The van der Waals surface area contributed by atoms with Crippen molar-refractivity contribution in [1.29, 1.82) is 0 Å². The van der Waals surface area contributed by atoms with Crippen LogP contribution in [0.3, 0.4) is 0 Å². The third-order valence-electron chi connectivity index (χ3n) is 1.27. The van der Waals surface area contributed by atoms with Gasteiger partial charge in [-0.3, -0.25) is 5.32 Å². The van der Waals surface area contributed by atoms with E-state index in [1.165, 1.54) is 0 Å². The maximum atomic E-state index is 12.0. The molecule has 4 nitrogen and oxygen atoms in total. The molecule has 0 fully saturated rings. The Morgan fingerprint density at radius 3 is 2.64 bits per heavy atom. The van der Waals surface area contributed by atoms with E-state index in [0.29, 0.717) is 0 Å². The summed E-state index contributed by atoms with van der Waals surface area (Å²) >= 11 is 3.97. The molecule has 1 N–H and O–H groups in total. The molecule has 1 rings (SSSR count).